The van der Waals surface area contributed by atoms with Gasteiger partial charge in [0.15, 0.2) is 0 Å². The second-order valence-electron chi connectivity index (χ2n) is 3.47. The largest absolute Gasteiger partial charge is 0.481 e. The number of aliphatic carboxylic acids is 1. The lowest BCUT2D eigenvalue weighted by Crippen LogP contribution is -2.15. The van der Waals surface area contributed by atoms with E-state index < -0.39 is 11.8 Å². The molecule has 0 heterocycles. The molecule has 86 valence electrons. The fourth-order valence-electron chi connectivity index (χ4n) is 0.874. The van der Waals surface area contributed by atoms with Gasteiger partial charge in [0.1, 0.15) is 0 Å². The summed E-state index contributed by atoms with van der Waals surface area (Å²) in [5, 5.41) is 16.1. The number of carbonyl (C=O) groups is 1. The van der Waals surface area contributed by atoms with Crippen LogP contribution >= 0.6 is 0 Å². The molecule has 0 saturated carbocycles. The number of alkyl halides is 1. The fraction of sp³-hybridized carbons (Fsp3) is 0.900. The van der Waals surface area contributed by atoms with E-state index in [-0.39, 0.29) is 6.42 Å². The highest BCUT2D eigenvalue weighted by atomic mass is 19.2. The molecule has 3 nitrogen and oxygen atoms in total. The third-order valence-electron chi connectivity index (χ3n) is 1.49. The van der Waals surface area contributed by atoms with E-state index in [9.17, 15) is 4.39 Å². The zero-order valence-electron chi connectivity index (χ0n) is 9.22. The van der Waals surface area contributed by atoms with Gasteiger partial charge in [-0.15, -0.1) is 0 Å². The molecule has 1 atom stereocenters. The monoisotopic (exact) mass is 208 g/mol. The lowest BCUT2D eigenvalue weighted by molar-refractivity contribution is -0.134. The van der Waals surface area contributed by atoms with E-state index in [1.54, 1.807) is 0 Å². The van der Waals surface area contributed by atoms with Gasteiger partial charge in [-0.3, -0.25) is 4.79 Å². The maximum atomic E-state index is 12.4. The third-order valence-corrected chi connectivity index (χ3v) is 1.49. The van der Waals surface area contributed by atoms with Gasteiger partial charge in [-0.1, -0.05) is 26.2 Å². The summed E-state index contributed by atoms with van der Waals surface area (Å²) in [5.74, 6) is -2.78. The second-order valence-corrected chi connectivity index (χ2v) is 3.47. The van der Waals surface area contributed by atoms with Gasteiger partial charge in [-0.2, -0.15) is 0 Å². The van der Waals surface area contributed by atoms with E-state index in [4.69, 9.17) is 15.0 Å². The number of carboxylic acids is 1. The molecule has 0 rings (SSSR count). The number of unbranched alkanes of at least 4 members (excludes halogenated alkanes) is 3. The van der Waals surface area contributed by atoms with Gasteiger partial charge in [0.2, 0.25) is 5.85 Å². The first-order valence-electron chi connectivity index (χ1n) is 4.90. The zero-order valence-corrected chi connectivity index (χ0v) is 9.22. The lowest BCUT2D eigenvalue weighted by atomic mass is 10.1. The first-order chi connectivity index (χ1) is 6.29. The van der Waals surface area contributed by atoms with Crippen molar-refractivity contribution in [1.82, 2.24) is 0 Å². The Morgan fingerprint density at radius 2 is 1.79 bits per heavy atom. The van der Waals surface area contributed by atoms with Crippen LogP contribution in [-0.4, -0.2) is 22.0 Å². The summed E-state index contributed by atoms with van der Waals surface area (Å²) < 4.78 is 12.4. The van der Waals surface area contributed by atoms with E-state index >= 15 is 0 Å². The topological polar surface area (TPSA) is 57.5 Å². The Balaban J connectivity index is 0. The first-order valence-corrected chi connectivity index (χ1v) is 4.90. The SMILES string of the molecule is CC(=O)O.CCCCCCC(C)(O)F. The van der Waals surface area contributed by atoms with E-state index in [0.29, 0.717) is 0 Å². The van der Waals surface area contributed by atoms with Crippen LogP contribution in [0.15, 0.2) is 0 Å². The van der Waals surface area contributed by atoms with Gasteiger partial charge in [0.25, 0.3) is 5.97 Å². The molecule has 0 bridgehead atoms. The first kappa shape index (κ1) is 15.8. The van der Waals surface area contributed by atoms with Crippen molar-refractivity contribution in [2.75, 3.05) is 0 Å². The standard InChI is InChI=1S/C8H17FO.C2H4O2/c1-3-4-5-6-7-8(2,9)10;1-2(3)4/h10H,3-7H2,1-2H3;1H3,(H,3,4). The Morgan fingerprint density at radius 1 is 1.36 bits per heavy atom. The molecule has 0 amide bonds. The van der Waals surface area contributed by atoms with Crippen LogP contribution in [0.3, 0.4) is 0 Å². The number of hydrogen-bond donors (Lipinski definition) is 2. The molecule has 0 aromatic heterocycles. The van der Waals surface area contributed by atoms with Gasteiger partial charge in [-0.25, -0.2) is 4.39 Å². The van der Waals surface area contributed by atoms with Crippen molar-refractivity contribution in [1.29, 1.82) is 0 Å². The Bertz CT molecular complexity index is 137. The predicted molar refractivity (Wildman–Crippen MR) is 53.8 cm³/mol. The minimum atomic E-state index is -1.95. The molecular formula is C10H21FO3. The summed E-state index contributed by atoms with van der Waals surface area (Å²) in [4.78, 5) is 9.00. The van der Waals surface area contributed by atoms with Crippen molar-refractivity contribution < 1.29 is 19.4 Å². The van der Waals surface area contributed by atoms with Gasteiger partial charge >= 0.3 is 0 Å². The van der Waals surface area contributed by atoms with Gasteiger partial charge < -0.3 is 10.2 Å². The minimum absolute atomic E-state index is 0.271. The van der Waals surface area contributed by atoms with Crippen LogP contribution in [0, 0.1) is 0 Å². The zero-order chi connectivity index (χ0) is 11.6. The van der Waals surface area contributed by atoms with Gasteiger partial charge in [0, 0.05) is 13.3 Å². The summed E-state index contributed by atoms with van der Waals surface area (Å²) in [6.45, 7) is 4.40. The van der Waals surface area contributed by atoms with Crippen LogP contribution in [0.4, 0.5) is 4.39 Å². The molecule has 2 N–H and O–H groups in total. The highest BCUT2D eigenvalue weighted by molar-refractivity contribution is 5.62. The maximum absolute atomic E-state index is 12.4. The van der Waals surface area contributed by atoms with E-state index in [2.05, 4.69) is 6.92 Å². The highest BCUT2D eigenvalue weighted by Crippen LogP contribution is 2.15. The normalized spacial score (nSPS) is 13.8. The second kappa shape index (κ2) is 8.94. The Labute approximate surface area is 84.9 Å². The van der Waals surface area contributed by atoms with Crippen molar-refractivity contribution in [3.05, 3.63) is 0 Å². The van der Waals surface area contributed by atoms with Gasteiger partial charge in [-0.05, 0) is 13.3 Å². The van der Waals surface area contributed by atoms with Crippen molar-refractivity contribution >= 4 is 5.97 Å². The molecule has 0 aromatic carbocycles. The Kier molecular flexibility index (Phi) is 10.1. The van der Waals surface area contributed by atoms with Crippen LogP contribution in [0.1, 0.15) is 52.9 Å². The molecule has 0 aliphatic heterocycles. The molecule has 0 spiro atoms. The lowest BCUT2D eigenvalue weighted by Gasteiger charge is -2.11. The summed E-state index contributed by atoms with van der Waals surface area (Å²) in [6.07, 6.45) is 4.37. The average Bonchev–Trinajstić information content (AvgIpc) is 1.95. The van der Waals surface area contributed by atoms with Crippen LogP contribution < -0.4 is 0 Å². The minimum Gasteiger partial charge on any atom is -0.481 e. The molecule has 14 heavy (non-hydrogen) atoms. The summed E-state index contributed by atoms with van der Waals surface area (Å²) in [6, 6.07) is 0. The Morgan fingerprint density at radius 3 is 2.07 bits per heavy atom. The predicted octanol–water partition coefficient (Wildman–Crippen LogP) is 2.73. The molecule has 0 radical (unpaired) electrons. The average molecular weight is 208 g/mol. The highest BCUT2D eigenvalue weighted by Gasteiger charge is 2.15. The number of rotatable bonds is 5. The Hall–Kier alpha value is -0.640. The quantitative estimate of drug-likeness (QED) is 0.683. The summed E-state index contributed by atoms with van der Waals surface area (Å²) >= 11 is 0. The van der Waals surface area contributed by atoms with Gasteiger partial charge in [0.05, 0.1) is 0 Å². The summed E-state index contributed by atoms with van der Waals surface area (Å²) in [5.41, 5.74) is 0. The molecule has 4 heteroatoms. The van der Waals surface area contributed by atoms with E-state index in [0.717, 1.165) is 32.6 Å². The third kappa shape index (κ3) is 30.1. The smallest absolute Gasteiger partial charge is 0.300 e. The molecule has 0 saturated heterocycles. The number of carboxylic acid groups (broad SMARTS) is 1. The van der Waals surface area contributed by atoms with E-state index in [1.165, 1.54) is 6.92 Å². The van der Waals surface area contributed by atoms with Crippen LogP contribution in [0.2, 0.25) is 0 Å². The number of hydrogen-bond acceptors (Lipinski definition) is 2. The molecule has 1 unspecified atom stereocenters. The summed E-state index contributed by atoms with van der Waals surface area (Å²) in [7, 11) is 0. The molecule has 0 fully saturated rings. The van der Waals surface area contributed by atoms with Crippen molar-refractivity contribution in [2.24, 2.45) is 0 Å². The van der Waals surface area contributed by atoms with Crippen molar-refractivity contribution in [3.63, 3.8) is 0 Å². The maximum Gasteiger partial charge on any atom is 0.300 e. The molecule has 0 aromatic rings. The van der Waals surface area contributed by atoms with Crippen LogP contribution in [0.25, 0.3) is 0 Å². The molecule has 0 aliphatic rings. The van der Waals surface area contributed by atoms with E-state index in [1.807, 2.05) is 0 Å². The number of halogens is 1. The van der Waals surface area contributed by atoms with Crippen LogP contribution in [-0.2, 0) is 4.79 Å². The molecule has 0 aliphatic carbocycles. The number of aliphatic hydroxyl groups is 1. The molecular weight excluding hydrogens is 187 g/mol. The van der Waals surface area contributed by atoms with Crippen molar-refractivity contribution in [3.8, 4) is 0 Å². The fourth-order valence-corrected chi connectivity index (χ4v) is 0.874. The van der Waals surface area contributed by atoms with Crippen molar-refractivity contribution in [2.45, 2.75) is 58.7 Å². The van der Waals surface area contributed by atoms with Crippen LogP contribution in [0.5, 0.6) is 0 Å².